The predicted molar refractivity (Wildman–Crippen MR) is 69.2 cm³/mol. The number of hydrogen-bond acceptors (Lipinski definition) is 3. The van der Waals surface area contributed by atoms with Gasteiger partial charge in [0, 0.05) is 24.0 Å². The summed E-state index contributed by atoms with van der Waals surface area (Å²) in [7, 11) is 1.88. The Morgan fingerprint density at radius 1 is 1.44 bits per heavy atom. The van der Waals surface area contributed by atoms with Crippen LogP contribution in [-0.4, -0.2) is 37.3 Å². The van der Waals surface area contributed by atoms with E-state index in [4.69, 9.17) is 11.6 Å². The summed E-state index contributed by atoms with van der Waals surface area (Å²) in [5.74, 6) is 0. The lowest BCUT2D eigenvalue weighted by Gasteiger charge is -2.24. The van der Waals surface area contributed by atoms with E-state index in [1.807, 2.05) is 31.0 Å². The first-order valence-corrected chi connectivity index (χ1v) is 6.69. The molecule has 0 amide bonds. The van der Waals surface area contributed by atoms with Gasteiger partial charge in [-0.3, -0.25) is 4.90 Å². The highest BCUT2D eigenvalue weighted by atomic mass is 35.5. The Labute approximate surface area is 114 Å². The van der Waals surface area contributed by atoms with E-state index in [0.717, 1.165) is 9.21 Å². The van der Waals surface area contributed by atoms with E-state index in [1.54, 1.807) is 0 Å². The highest BCUT2D eigenvalue weighted by Crippen LogP contribution is 2.22. The minimum absolute atomic E-state index is 0.0215. The molecular formula is C11H16ClF3N2S. The fourth-order valence-corrected chi connectivity index (χ4v) is 2.57. The number of hydrogen-bond donors (Lipinski definition) is 1. The Kier molecular flexibility index (Phi) is 5.91. The second kappa shape index (κ2) is 6.75. The summed E-state index contributed by atoms with van der Waals surface area (Å²) >= 11 is 7.30. The zero-order chi connectivity index (χ0) is 13.8. The van der Waals surface area contributed by atoms with Gasteiger partial charge in [-0.25, -0.2) is 0 Å². The first-order chi connectivity index (χ1) is 8.28. The highest BCUT2D eigenvalue weighted by Gasteiger charge is 2.26. The molecule has 0 fully saturated rings. The Bertz CT molecular complexity index is 367. The van der Waals surface area contributed by atoms with Gasteiger partial charge in [-0.15, -0.1) is 11.3 Å². The van der Waals surface area contributed by atoms with Crippen LogP contribution in [0.4, 0.5) is 13.2 Å². The lowest BCUT2D eigenvalue weighted by molar-refractivity contribution is -0.125. The van der Waals surface area contributed by atoms with Crippen molar-refractivity contribution in [2.24, 2.45) is 0 Å². The first kappa shape index (κ1) is 15.8. The SMILES string of the molecule is CC(CNCC(F)(F)F)N(C)Cc1ccc(Cl)s1. The van der Waals surface area contributed by atoms with Gasteiger partial charge in [0.2, 0.25) is 0 Å². The molecule has 0 aliphatic heterocycles. The maximum atomic E-state index is 12.0. The molecule has 1 unspecified atom stereocenters. The van der Waals surface area contributed by atoms with Crippen molar-refractivity contribution in [2.45, 2.75) is 25.7 Å². The molecule has 0 aliphatic carbocycles. The third-order valence-corrected chi connectivity index (χ3v) is 3.77. The van der Waals surface area contributed by atoms with Gasteiger partial charge in [-0.05, 0) is 26.1 Å². The Morgan fingerprint density at radius 2 is 2.11 bits per heavy atom. The van der Waals surface area contributed by atoms with Crippen LogP contribution in [0, 0.1) is 0 Å². The molecule has 0 bridgehead atoms. The van der Waals surface area contributed by atoms with E-state index in [-0.39, 0.29) is 6.04 Å². The van der Waals surface area contributed by atoms with Crippen LogP contribution in [0.5, 0.6) is 0 Å². The smallest absolute Gasteiger partial charge is 0.307 e. The third-order valence-electron chi connectivity index (χ3n) is 2.55. The van der Waals surface area contributed by atoms with Crippen molar-refractivity contribution in [3.8, 4) is 0 Å². The third kappa shape index (κ3) is 6.04. The van der Waals surface area contributed by atoms with E-state index in [9.17, 15) is 13.2 Å². The Balaban J connectivity index is 2.30. The van der Waals surface area contributed by atoms with Crippen LogP contribution in [0.25, 0.3) is 0 Å². The lowest BCUT2D eigenvalue weighted by Crippen LogP contribution is -2.40. The molecule has 0 aliphatic rings. The van der Waals surface area contributed by atoms with Crippen LogP contribution in [0.1, 0.15) is 11.8 Å². The summed E-state index contributed by atoms with van der Waals surface area (Å²) in [6.07, 6.45) is -4.15. The number of halogens is 4. The summed E-state index contributed by atoms with van der Waals surface area (Å²) < 4.78 is 36.6. The van der Waals surface area contributed by atoms with Crippen LogP contribution in [0.15, 0.2) is 12.1 Å². The molecule has 104 valence electrons. The molecule has 0 aromatic carbocycles. The number of rotatable bonds is 6. The molecule has 0 saturated heterocycles. The van der Waals surface area contributed by atoms with Crippen LogP contribution in [-0.2, 0) is 6.54 Å². The Morgan fingerprint density at radius 3 is 2.61 bits per heavy atom. The minimum atomic E-state index is -4.15. The van der Waals surface area contributed by atoms with Gasteiger partial charge >= 0.3 is 6.18 Å². The molecule has 1 aromatic rings. The van der Waals surface area contributed by atoms with E-state index >= 15 is 0 Å². The number of nitrogens with zero attached hydrogens (tertiary/aromatic N) is 1. The highest BCUT2D eigenvalue weighted by molar-refractivity contribution is 7.16. The van der Waals surface area contributed by atoms with Gasteiger partial charge < -0.3 is 5.32 Å². The van der Waals surface area contributed by atoms with E-state index in [1.165, 1.54) is 11.3 Å². The molecule has 18 heavy (non-hydrogen) atoms. The van der Waals surface area contributed by atoms with Crippen molar-refractivity contribution in [3.63, 3.8) is 0 Å². The van der Waals surface area contributed by atoms with Gasteiger partial charge in [0.05, 0.1) is 10.9 Å². The fraction of sp³-hybridized carbons (Fsp3) is 0.636. The van der Waals surface area contributed by atoms with Crippen molar-refractivity contribution >= 4 is 22.9 Å². The maximum absolute atomic E-state index is 12.0. The molecule has 2 nitrogen and oxygen atoms in total. The molecule has 0 saturated carbocycles. The molecule has 1 atom stereocenters. The van der Waals surface area contributed by atoms with Crippen LogP contribution >= 0.6 is 22.9 Å². The molecule has 1 N–H and O–H groups in total. The van der Waals surface area contributed by atoms with Gasteiger partial charge in [-0.1, -0.05) is 11.6 Å². The largest absolute Gasteiger partial charge is 0.401 e. The van der Waals surface area contributed by atoms with Gasteiger partial charge in [-0.2, -0.15) is 13.2 Å². The monoisotopic (exact) mass is 300 g/mol. The normalized spacial score (nSPS) is 14.2. The van der Waals surface area contributed by atoms with Crippen molar-refractivity contribution in [1.29, 1.82) is 0 Å². The predicted octanol–water partition coefficient (Wildman–Crippen LogP) is 3.37. The van der Waals surface area contributed by atoms with E-state index in [0.29, 0.717) is 13.1 Å². The van der Waals surface area contributed by atoms with Gasteiger partial charge in [0.25, 0.3) is 0 Å². The van der Waals surface area contributed by atoms with Gasteiger partial charge in [0.15, 0.2) is 0 Å². The van der Waals surface area contributed by atoms with E-state index < -0.39 is 12.7 Å². The molecule has 0 spiro atoms. The number of alkyl halides is 3. The van der Waals surface area contributed by atoms with Crippen molar-refractivity contribution in [2.75, 3.05) is 20.1 Å². The second-order valence-electron chi connectivity index (χ2n) is 4.22. The van der Waals surface area contributed by atoms with Crippen molar-refractivity contribution < 1.29 is 13.2 Å². The van der Waals surface area contributed by atoms with Crippen LogP contribution < -0.4 is 5.32 Å². The summed E-state index contributed by atoms with van der Waals surface area (Å²) in [5, 5.41) is 2.41. The average Bonchev–Trinajstić information content (AvgIpc) is 2.61. The number of nitrogens with one attached hydrogen (secondary N) is 1. The van der Waals surface area contributed by atoms with Crippen molar-refractivity contribution in [1.82, 2.24) is 10.2 Å². The fourth-order valence-electron chi connectivity index (χ4n) is 1.42. The zero-order valence-corrected chi connectivity index (χ0v) is 11.8. The topological polar surface area (TPSA) is 15.3 Å². The second-order valence-corrected chi connectivity index (χ2v) is 6.02. The number of likely N-dealkylation sites (N-methyl/N-ethyl adjacent to an activating group) is 1. The number of thiophene rings is 1. The molecule has 1 heterocycles. The average molecular weight is 301 g/mol. The summed E-state index contributed by atoms with van der Waals surface area (Å²) in [5.41, 5.74) is 0. The maximum Gasteiger partial charge on any atom is 0.401 e. The first-order valence-electron chi connectivity index (χ1n) is 5.50. The quantitative estimate of drug-likeness (QED) is 0.866. The summed E-state index contributed by atoms with van der Waals surface area (Å²) in [6, 6.07) is 3.77. The summed E-state index contributed by atoms with van der Waals surface area (Å²) in [4.78, 5) is 3.09. The Hall–Kier alpha value is -0.300. The van der Waals surface area contributed by atoms with Crippen molar-refractivity contribution in [3.05, 3.63) is 21.3 Å². The minimum Gasteiger partial charge on any atom is -0.307 e. The van der Waals surface area contributed by atoms with Gasteiger partial charge in [0.1, 0.15) is 0 Å². The lowest BCUT2D eigenvalue weighted by atomic mass is 10.3. The zero-order valence-electron chi connectivity index (χ0n) is 10.2. The molecule has 1 aromatic heterocycles. The standard InChI is InChI=1S/C11H16ClF3N2S/c1-8(5-16-7-11(13,14)15)17(2)6-9-3-4-10(12)18-9/h3-4,8,16H,5-7H2,1-2H3. The molecule has 7 heteroatoms. The summed E-state index contributed by atoms with van der Waals surface area (Å²) in [6.45, 7) is 1.93. The molecular weight excluding hydrogens is 285 g/mol. The molecule has 1 rings (SSSR count). The van der Waals surface area contributed by atoms with Crippen LogP contribution in [0.2, 0.25) is 4.34 Å². The van der Waals surface area contributed by atoms with E-state index in [2.05, 4.69) is 5.32 Å². The van der Waals surface area contributed by atoms with Crippen LogP contribution in [0.3, 0.4) is 0 Å². The molecule has 0 radical (unpaired) electrons.